The van der Waals surface area contributed by atoms with Gasteiger partial charge in [0.2, 0.25) is 0 Å². The Labute approximate surface area is 236 Å². The lowest BCUT2D eigenvalue weighted by Gasteiger charge is -2.25. The number of carbonyl (C=O) groups is 1. The third kappa shape index (κ3) is 7.00. The van der Waals surface area contributed by atoms with Crippen molar-refractivity contribution in [3.63, 3.8) is 0 Å². The second kappa shape index (κ2) is 12.5. The predicted octanol–water partition coefficient (Wildman–Crippen LogP) is 4.52. The number of hydrogen-bond donors (Lipinski definition) is 1. The minimum Gasteiger partial charge on any atom is -0.489 e. The molecule has 210 valence electrons. The van der Waals surface area contributed by atoms with Gasteiger partial charge in [-0.15, -0.1) is 0 Å². The van der Waals surface area contributed by atoms with E-state index in [9.17, 15) is 17.6 Å². The monoisotopic (exact) mass is 575 g/mol. The molecule has 1 aliphatic rings. The summed E-state index contributed by atoms with van der Waals surface area (Å²) in [5.74, 6) is 0.133. The molecule has 5 rings (SSSR count). The molecular weight excluding hydrogens is 549 g/mol. The van der Waals surface area contributed by atoms with Crippen LogP contribution in [-0.2, 0) is 21.4 Å². The number of benzene rings is 4. The second-order valence-corrected chi connectivity index (χ2v) is 10.8. The number of halogens is 1. The van der Waals surface area contributed by atoms with Crippen LogP contribution in [-0.4, -0.2) is 40.3 Å². The highest BCUT2D eigenvalue weighted by Gasteiger charge is 2.29. The van der Waals surface area contributed by atoms with Gasteiger partial charge in [-0.1, -0.05) is 30.3 Å². The van der Waals surface area contributed by atoms with Crippen molar-refractivity contribution >= 4 is 27.8 Å². The Morgan fingerprint density at radius 1 is 0.927 bits per heavy atom. The van der Waals surface area contributed by atoms with Gasteiger partial charge in [0, 0.05) is 6.07 Å². The highest BCUT2D eigenvalue weighted by Crippen LogP contribution is 2.34. The molecule has 1 heterocycles. The minimum atomic E-state index is -4.25. The molecule has 1 amide bonds. The quantitative estimate of drug-likeness (QED) is 0.220. The zero-order valence-corrected chi connectivity index (χ0v) is 22.6. The van der Waals surface area contributed by atoms with Crippen LogP contribution in [0.1, 0.15) is 11.1 Å². The van der Waals surface area contributed by atoms with Gasteiger partial charge in [-0.2, -0.15) is 5.10 Å². The second-order valence-electron chi connectivity index (χ2n) is 8.93. The summed E-state index contributed by atoms with van der Waals surface area (Å²) < 4.78 is 58.4. The van der Waals surface area contributed by atoms with Crippen LogP contribution in [0.25, 0.3) is 0 Å². The summed E-state index contributed by atoms with van der Waals surface area (Å²) in [6, 6.07) is 25.9. The fraction of sp³-hybridized carbons (Fsp3) is 0.133. The topological polar surface area (TPSA) is 107 Å². The van der Waals surface area contributed by atoms with E-state index in [1.54, 1.807) is 24.3 Å². The summed E-state index contributed by atoms with van der Waals surface area (Å²) in [6.07, 6.45) is 1.43. The van der Waals surface area contributed by atoms with Gasteiger partial charge in [0.05, 0.1) is 16.8 Å². The third-order valence-electron chi connectivity index (χ3n) is 6.03. The van der Waals surface area contributed by atoms with Gasteiger partial charge in [-0.05, 0) is 71.8 Å². The molecule has 4 aromatic carbocycles. The molecule has 1 N–H and O–H groups in total. The smallest absolute Gasteiger partial charge is 0.264 e. The molecule has 0 saturated carbocycles. The highest BCUT2D eigenvalue weighted by molar-refractivity contribution is 7.92. The van der Waals surface area contributed by atoms with E-state index in [2.05, 4.69) is 10.5 Å². The number of ether oxygens (including phenoxy) is 3. The van der Waals surface area contributed by atoms with E-state index in [0.29, 0.717) is 30.3 Å². The Balaban J connectivity index is 1.26. The van der Waals surface area contributed by atoms with Crippen LogP contribution in [0.3, 0.4) is 0 Å². The maximum Gasteiger partial charge on any atom is 0.264 e. The van der Waals surface area contributed by atoms with Crippen molar-refractivity contribution in [1.29, 1.82) is 0 Å². The molecule has 11 heteroatoms. The first-order valence-electron chi connectivity index (χ1n) is 12.7. The van der Waals surface area contributed by atoms with Crippen molar-refractivity contribution < 1.29 is 31.8 Å². The average molecular weight is 576 g/mol. The number of carbonyl (C=O) groups excluding carboxylic acids is 1. The molecule has 0 aromatic heterocycles. The van der Waals surface area contributed by atoms with Gasteiger partial charge in [0.15, 0.2) is 11.5 Å². The number of fused-ring (bicyclic) bond motifs is 1. The molecule has 4 aromatic rings. The van der Waals surface area contributed by atoms with Crippen LogP contribution in [0.4, 0.5) is 10.1 Å². The van der Waals surface area contributed by atoms with Gasteiger partial charge in [0.25, 0.3) is 15.9 Å². The lowest BCUT2D eigenvalue weighted by molar-refractivity contribution is -0.119. The van der Waals surface area contributed by atoms with Crippen LogP contribution < -0.4 is 23.9 Å². The van der Waals surface area contributed by atoms with E-state index in [4.69, 9.17) is 14.2 Å². The first-order valence-corrected chi connectivity index (χ1v) is 14.1. The van der Waals surface area contributed by atoms with Crippen molar-refractivity contribution in [2.75, 3.05) is 24.1 Å². The Morgan fingerprint density at radius 2 is 1.63 bits per heavy atom. The summed E-state index contributed by atoms with van der Waals surface area (Å²) in [7, 11) is -4.25. The van der Waals surface area contributed by atoms with Gasteiger partial charge < -0.3 is 14.2 Å². The number of amides is 1. The van der Waals surface area contributed by atoms with Crippen molar-refractivity contribution in [2.24, 2.45) is 5.10 Å². The number of hydrazone groups is 1. The van der Waals surface area contributed by atoms with E-state index in [1.165, 1.54) is 36.5 Å². The highest BCUT2D eigenvalue weighted by atomic mass is 32.2. The first-order chi connectivity index (χ1) is 19.9. The van der Waals surface area contributed by atoms with E-state index in [0.717, 1.165) is 22.0 Å². The molecule has 0 radical (unpaired) electrons. The molecule has 0 spiro atoms. The van der Waals surface area contributed by atoms with E-state index < -0.39 is 28.3 Å². The standard InChI is InChI=1S/C30H26FN3O6S/c31-24-8-10-25(11-9-24)34(41(36,37)27-14-15-28-29(18-27)39-17-16-38-28)20-30(35)33-32-19-22-6-12-26(13-7-22)40-21-23-4-2-1-3-5-23/h1-15,18-19H,16-17,20-21H2,(H,33,35)/b32-19-. The predicted molar refractivity (Wildman–Crippen MR) is 151 cm³/mol. The van der Waals surface area contributed by atoms with E-state index in [1.807, 2.05) is 30.3 Å². The summed E-state index contributed by atoms with van der Waals surface area (Å²) in [4.78, 5) is 12.7. The largest absolute Gasteiger partial charge is 0.489 e. The molecule has 0 saturated heterocycles. The fourth-order valence-corrected chi connectivity index (χ4v) is 5.41. The Kier molecular flexibility index (Phi) is 8.44. The van der Waals surface area contributed by atoms with E-state index in [-0.39, 0.29) is 22.9 Å². The number of rotatable bonds is 10. The van der Waals surface area contributed by atoms with Gasteiger partial charge in [-0.25, -0.2) is 18.2 Å². The van der Waals surface area contributed by atoms with Gasteiger partial charge in [-0.3, -0.25) is 9.10 Å². The summed E-state index contributed by atoms with van der Waals surface area (Å²) in [5, 5.41) is 3.95. The molecule has 0 atom stereocenters. The SMILES string of the molecule is O=C(CN(c1ccc(F)cc1)S(=O)(=O)c1ccc2c(c1)OCCO2)N/N=C\c1ccc(OCc2ccccc2)cc1. The zero-order chi connectivity index (χ0) is 28.7. The van der Waals surface area contributed by atoms with Crippen molar-refractivity contribution in [3.8, 4) is 17.2 Å². The number of nitrogens with one attached hydrogen (secondary N) is 1. The molecular formula is C30H26FN3O6S. The lowest BCUT2D eigenvalue weighted by atomic mass is 10.2. The van der Waals surface area contributed by atoms with Crippen LogP contribution in [0.2, 0.25) is 0 Å². The Bertz CT molecular complexity index is 1630. The van der Waals surface area contributed by atoms with Crippen molar-refractivity contribution in [2.45, 2.75) is 11.5 Å². The summed E-state index contributed by atoms with van der Waals surface area (Å²) >= 11 is 0. The average Bonchev–Trinajstić information content (AvgIpc) is 3.00. The molecule has 0 fully saturated rings. The zero-order valence-electron chi connectivity index (χ0n) is 21.8. The summed E-state index contributed by atoms with van der Waals surface area (Å²) in [6.45, 7) is 0.464. The maximum atomic E-state index is 13.6. The molecule has 0 bridgehead atoms. The van der Waals surface area contributed by atoms with Gasteiger partial charge >= 0.3 is 0 Å². The number of nitrogens with zero attached hydrogens (tertiary/aromatic N) is 2. The van der Waals surface area contributed by atoms with Crippen molar-refractivity contribution in [3.05, 3.63) is 114 Å². The van der Waals surface area contributed by atoms with Crippen LogP contribution in [0.5, 0.6) is 17.2 Å². The normalized spacial score (nSPS) is 12.6. The van der Waals surface area contributed by atoms with Crippen LogP contribution in [0, 0.1) is 5.82 Å². The fourth-order valence-electron chi connectivity index (χ4n) is 3.97. The Hall–Kier alpha value is -4.90. The molecule has 0 unspecified atom stereocenters. The number of sulfonamides is 1. The van der Waals surface area contributed by atoms with Crippen LogP contribution in [0.15, 0.2) is 107 Å². The van der Waals surface area contributed by atoms with Crippen molar-refractivity contribution in [1.82, 2.24) is 5.43 Å². The molecule has 9 nitrogen and oxygen atoms in total. The van der Waals surface area contributed by atoms with Crippen LogP contribution >= 0.6 is 0 Å². The molecule has 41 heavy (non-hydrogen) atoms. The molecule has 1 aliphatic heterocycles. The lowest BCUT2D eigenvalue weighted by Crippen LogP contribution is -2.39. The summed E-state index contributed by atoms with van der Waals surface area (Å²) in [5.41, 5.74) is 4.19. The maximum absolute atomic E-state index is 13.6. The number of anilines is 1. The van der Waals surface area contributed by atoms with Gasteiger partial charge in [0.1, 0.15) is 37.9 Å². The first kappa shape index (κ1) is 27.7. The number of hydrogen-bond acceptors (Lipinski definition) is 7. The molecule has 0 aliphatic carbocycles. The van der Waals surface area contributed by atoms with E-state index >= 15 is 0 Å². The minimum absolute atomic E-state index is 0.103. The Morgan fingerprint density at radius 3 is 2.37 bits per heavy atom. The third-order valence-corrected chi connectivity index (χ3v) is 7.80.